The van der Waals surface area contributed by atoms with Gasteiger partial charge < -0.3 is 46.9 Å². The number of hydrogen-bond acceptors (Lipinski definition) is 10. The summed E-state index contributed by atoms with van der Waals surface area (Å²) in [5.74, 6) is -1.91. The Balaban J connectivity index is 2.71. The quantitative estimate of drug-likeness (QED) is 0.0738. The number of hydrogen-bond donors (Lipinski definition) is 6. The molecule has 15 nitrogen and oxygen atoms in total. The van der Waals surface area contributed by atoms with E-state index in [1.165, 1.54) is 0 Å². The van der Waals surface area contributed by atoms with Crippen LogP contribution in [0.15, 0.2) is 24.3 Å². The minimum atomic E-state index is -0.783. The summed E-state index contributed by atoms with van der Waals surface area (Å²) in [6.07, 6.45) is 2.49. The SMILES string of the molecule is CCOCCOCCNC(=O)OCc1ccc(NC(=O)[C@H](CCCNC(N)=O)CC(=O)[C@@H](NC(=O)CCCCCC(=O)CN)C(C)C)cc1. The number of carbonyl (C=O) groups is 6. The maximum atomic E-state index is 13.4. The number of unbranched alkanes of at least 4 members (excludes halogenated alkanes) is 2. The molecule has 0 aliphatic carbocycles. The van der Waals surface area contributed by atoms with E-state index in [9.17, 15) is 28.8 Å². The first-order valence-corrected chi connectivity index (χ1v) is 17.0. The van der Waals surface area contributed by atoms with Gasteiger partial charge in [-0.3, -0.25) is 19.2 Å². The number of urea groups is 1. The zero-order valence-corrected chi connectivity index (χ0v) is 29.2. The van der Waals surface area contributed by atoms with Gasteiger partial charge in [0.2, 0.25) is 11.8 Å². The number of nitrogens with two attached hydrogens (primary N) is 2. The molecule has 49 heavy (non-hydrogen) atoms. The zero-order chi connectivity index (χ0) is 36.4. The van der Waals surface area contributed by atoms with Crippen LogP contribution in [0.25, 0.3) is 0 Å². The smallest absolute Gasteiger partial charge is 0.407 e. The van der Waals surface area contributed by atoms with Crippen LogP contribution in [0.5, 0.6) is 0 Å². The predicted octanol–water partition coefficient (Wildman–Crippen LogP) is 2.55. The monoisotopic (exact) mass is 692 g/mol. The van der Waals surface area contributed by atoms with E-state index >= 15 is 0 Å². The minimum Gasteiger partial charge on any atom is -0.445 e. The molecular formula is C34H56N6O9. The maximum absolute atomic E-state index is 13.4. The van der Waals surface area contributed by atoms with Crippen LogP contribution in [0.3, 0.4) is 0 Å². The minimum absolute atomic E-state index is 0.0103. The fourth-order valence-electron chi connectivity index (χ4n) is 4.72. The maximum Gasteiger partial charge on any atom is 0.407 e. The summed E-state index contributed by atoms with van der Waals surface area (Å²) >= 11 is 0. The van der Waals surface area contributed by atoms with Gasteiger partial charge in [-0.2, -0.15) is 0 Å². The molecule has 0 saturated carbocycles. The number of ketones is 2. The number of primary amides is 1. The molecule has 15 heteroatoms. The molecule has 0 aliphatic heterocycles. The van der Waals surface area contributed by atoms with Crippen LogP contribution in [0.4, 0.5) is 15.3 Å². The third-order valence-corrected chi connectivity index (χ3v) is 7.45. The Bertz CT molecular complexity index is 1160. The molecule has 0 spiro atoms. The third kappa shape index (κ3) is 20.8. The van der Waals surface area contributed by atoms with Crippen LogP contribution in [-0.2, 0) is 40.0 Å². The van der Waals surface area contributed by atoms with E-state index in [0.717, 1.165) is 0 Å². The number of benzene rings is 1. The summed E-state index contributed by atoms with van der Waals surface area (Å²) in [5, 5.41) is 10.7. The molecule has 0 aliphatic rings. The summed E-state index contributed by atoms with van der Waals surface area (Å²) in [4.78, 5) is 73.9. The van der Waals surface area contributed by atoms with E-state index in [1.54, 1.807) is 24.3 Å². The van der Waals surface area contributed by atoms with Crippen molar-refractivity contribution in [3.05, 3.63) is 29.8 Å². The van der Waals surface area contributed by atoms with Crippen LogP contribution >= 0.6 is 0 Å². The van der Waals surface area contributed by atoms with Crippen LogP contribution in [-0.4, -0.2) is 87.6 Å². The lowest BCUT2D eigenvalue weighted by molar-refractivity contribution is -0.131. The second-order valence-corrected chi connectivity index (χ2v) is 11.9. The fourth-order valence-corrected chi connectivity index (χ4v) is 4.72. The van der Waals surface area contributed by atoms with Crippen molar-refractivity contribution in [1.29, 1.82) is 0 Å². The van der Waals surface area contributed by atoms with Crippen molar-refractivity contribution in [2.45, 2.75) is 84.8 Å². The Morgan fingerprint density at radius 1 is 0.837 bits per heavy atom. The van der Waals surface area contributed by atoms with Crippen molar-refractivity contribution in [3.8, 4) is 0 Å². The predicted molar refractivity (Wildman–Crippen MR) is 184 cm³/mol. The molecule has 0 aromatic heterocycles. The van der Waals surface area contributed by atoms with E-state index in [1.807, 2.05) is 20.8 Å². The molecule has 5 amide bonds. The molecule has 0 saturated heterocycles. The van der Waals surface area contributed by atoms with Crippen molar-refractivity contribution in [1.82, 2.24) is 16.0 Å². The summed E-state index contributed by atoms with van der Waals surface area (Å²) in [6.45, 7) is 7.98. The average Bonchev–Trinajstić information content (AvgIpc) is 3.07. The first-order valence-electron chi connectivity index (χ1n) is 17.0. The lowest BCUT2D eigenvalue weighted by atomic mass is 9.89. The van der Waals surface area contributed by atoms with Crippen LogP contribution in [0.1, 0.15) is 77.7 Å². The van der Waals surface area contributed by atoms with Crippen molar-refractivity contribution in [3.63, 3.8) is 0 Å². The molecule has 276 valence electrons. The molecule has 1 aromatic carbocycles. The molecule has 8 N–H and O–H groups in total. The van der Waals surface area contributed by atoms with Crippen molar-refractivity contribution in [2.24, 2.45) is 23.3 Å². The van der Waals surface area contributed by atoms with E-state index in [2.05, 4.69) is 21.3 Å². The van der Waals surface area contributed by atoms with Gasteiger partial charge >= 0.3 is 12.1 Å². The first-order chi connectivity index (χ1) is 23.5. The third-order valence-electron chi connectivity index (χ3n) is 7.45. The number of alkyl carbamates (subject to hydrolysis) is 1. The van der Waals surface area contributed by atoms with E-state index < -0.39 is 24.1 Å². The second-order valence-electron chi connectivity index (χ2n) is 11.9. The normalized spacial score (nSPS) is 12.1. The Hall–Kier alpha value is -4.08. The lowest BCUT2D eigenvalue weighted by Crippen LogP contribution is -2.45. The number of ether oxygens (including phenoxy) is 3. The van der Waals surface area contributed by atoms with Crippen LogP contribution in [0, 0.1) is 11.8 Å². The van der Waals surface area contributed by atoms with E-state index in [0.29, 0.717) is 76.3 Å². The molecule has 0 bridgehead atoms. The molecule has 0 unspecified atom stereocenters. The molecule has 0 fully saturated rings. The van der Waals surface area contributed by atoms with Gasteiger partial charge in [-0.15, -0.1) is 0 Å². The summed E-state index contributed by atoms with van der Waals surface area (Å²) in [7, 11) is 0. The Morgan fingerprint density at radius 3 is 2.18 bits per heavy atom. The van der Waals surface area contributed by atoms with Crippen LogP contribution in [0.2, 0.25) is 0 Å². The highest BCUT2D eigenvalue weighted by molar-refractivity contribution is 5.97. The Morgan fingerprint density at radius 2 is 1.53 bits per heavy atom. The highest BCUT2D eigenvalue weighted by atomic mass is 16.5. The number of anilines is 1. The number of nitrogens with one attached hydrogen (secondary N) is 4. The topological polar surface area (TPSA) is 230 Å². The zero-order valence-electron chi connectivity index (χ0n) is 29.2. The van der Waals surface area contributed by atoms with Gasteiger partial charge in [0.25, 0.3) is 0 Å². The van der Waals surface area contributed by atoms with Crippen LogP contribution < -0.4 is 32.7 Å². The van der Waals surface area contributed by atoms with Gasteiger partial charge in [0.15, 0.2) is 5.78 Å². The number of rotatable bonds is 27. The molecular weight excluding hydrogens is 636 g/mol. The first kappa shape index (κ1) is 42.9. The summed E-state index contributed by atoms with van der Waals surface area (Å²) in [6, 6.07) is 5.27. The second kappa shape index (κ2) is 25.9. The van der Waals surface area contributed by atoms with E-state index in [-0.39, 0.29) is 68.3 Å². The lowest BCUT2D eigenvalue weighted by Gasteiger charge is -2.24. The van der Waals surface area contributed by atoms with Gasteiger partial charge in [-0.05, 0) is 56.2 Å². The van der Waals surface area contributed by atoms with Gasteiger partial charge in [0.05, 0.1) is 32.4 Å². The van der Waals surface area contributed by atoms with Gasteiger partial charge in [-0.25, -0.2) is 9.59 Å². The Labute approximate surface area is 289 Å². The highest BCUT2D eigenvalue weighted by Gasteiger charge is 2.29. The van der Waals surface area contributed by atoms with Gasteiger partial charge in [0, 0.05) is 50.6 Å². The van der Waals surface area contributed by atoms with Gasteiger partial charge in [0.1, 0.15) is 12.4 Å². The summed E-state index contributed by atoms with van der Waals surface area (Å²) < 4.78 is 15.7. The largest absolute Gasteiger partial charge is 0.445 e. The number of Topliss-reactive ketones (excluding diaryl/α,β-unsaturated/α-hetero) is 2. The van der Waals surface area contributed by atoms with Gasteiger partial charge in [-0.1, -0.05) is 32.4 Å². The van der Waals surface area contributed by atoms with Crippen molar-refractivity contribution in [2.75, 3.05) is 51.4 Å². The molecule has 1 aromatic rings. The molecule has 2 atom stereocenters. The fraction of sp³-hybridized carbons (Fsp3) is 0.647. The molecule has 0 heterocycles. The highest BCUT2D eigenvalue weighted by Crippen LogP contribution is 2.20. The number of amides is 5. The molecule has 1 rings (SSSR count). The van der Waals surface area contributed by atoms with Crippen molar-refractivity contribution >= 4 is 41.2 Å². The van der Waals surface area contributed by atoms with E-state index in [4.69, 9.17) is 25.7 Å². The summed E-state index contributed by atoms with van der Waals surface area (Å²) in [5.41, 5.74) is 11.7. The Kier molecular flexibility index (Phi) is 22.7. The average molecular weight is 693 g/mol. The number of carbonyl (C=O) groups excluding carboxylic acids is 6. The van der Waals surface area contributed by atoms with Crippen molar-refractivity contribution < 1.29 is 43.0 Å². The standard InChI is InChI=1S/C34H56N6O9/c1-4-47-19-20-48-18-17-38-34(46)49-23-25-12-14-27(15-13-25)39-32(44)26(9-8-16-37-33(36)45)21-29(42)31(24(2)3)40-30(43)11-7-5-6-10-28(41)22-35/h12-15,24,26,31H,4-11,16-23,35H2,1-3H3,(H,38,46)(H,39,44)(H,40,43)(H3,36,37,45)/t26-,31+/m1/s1. The molecule has 0 radical (unpaired) electrons.